The van der Waals surface area contributed by atoms with E-state index in [9.17, 15) is 4.79 Å². The number of halogens is 1. The quantitative estimate of drug-likeness (QED) is 0.869. The first-order valence-electron chi connectivity index (χ1n) is 7.25. The minimum atomic E-state index is -0.923. The number of carboxylic acid groups (broad SMARTS) is 1. The van der Waals surface area contributed by atoms with E-state index in [0.717, 1.165) is 23.3 Å². The molecule has 3 rings (SSSR count). The van der Waals surface area contributed by atoms with E-state index in [1.54, 1.807) is 12.1 Å². The SMILES string of the molecule is O=C(O)c1cc(Br)cc(NCC2CN3CCCC3CO2)c1. The fraction of sp³-hybridized carbons (Fsp3) is 0.533. The molecular formula is C15H19BrN2O3. The Kier molecular flexibility index (Phi) is 4.47. The fourth-order valence-corrected chi connectivity index (χ4v) is 3.55. The van der Waals surface area contributed by atoms with Crippen molar-refractivity contribution in [3.05, 3.63) is 28.2 Å². The summed E-state index contributed by atoms with van der Waals surface area (Å²) in [7, 11) is 0. The van der Waals surface area contributed by atoms with Crippen LogP contribution >= 0.6 is 15.9 Å². The second kappa shape index (κ2) is 6.34. The van der Waals surface area contributed by atoms with Crippen molar-refractivity contribution in [1.29, 1.82) is 0 Å². The van der Waals surface area contributed by atoms with Gasteiger partial charge in [0.1, 0.15) is 0 Å². The zero-order valence-corrected chi connectivity index (χ0v) is 13.3. The first kappa shape index (κ1) is 14.8. The molecule has 2 aliphatic heterocycles. The maximum Gasteiger partial charge on any atom is 0.335 e. The molecule has 0 aliphatic carbocycles. The number of rotatable bonds is 4. The summed E-state index contributed by atoms with van der Waals surface area (Å²) < 4.78 is 6.65. The largest absolute Gasteiger partial charge is 0.478 e. The first-order chi connectivity index (χ1) is 10.1. The van der Waals surface area contributed by atoms with E-state index >= 15 is 0 Å². The van der Waals surface area contributed by atoms with Crippen LogP contribution in [0.25, 0.3) is 0 Å². The van der Waals surface area contributed by atoms with Gasteiger partial charge in [0.15, 0.2) is 0 Å². The maximum absolute atomic E-state index is 11.1. The van der Waals surface area contributed by atoms with Gasteiger partial charge in [0.2, 0.25) is 0 Å². The molecular weight excluding hydrogens is 336 g/mol. The standard InChI is InChI=1S/C15H19BrN2O3/c16-11-4-10(15(19)20)5-12(6-11)17-7-14-8-18-3-1-2-13(18)9-21-14/h4-6,13-14,17H,1-3,7-9H2,(H,19,20). The van der Waals surface area contributed by atoms with Gasteiger partial charge in [-0.25, -0.2) is 4.79 Å². The van der Waals surface area contributed by atoms with Crippen molar-refractivity contribution in [2.24, 2.45) is 0 Å². The molecule has 0 aromatic heterocycles. The number of anilines is 1. The van der Waals surface area contributed by atoms with Crippen molar-refractivity contribution in [2.45, 2.75) is 25.0 Å². The summed E-state index contributed by atoms with van der Waals surface area (Å²) in [6.45, 7) is 3.63. The number of morpholine rings is 1. The van der Waals surface area contributed by atoms with Crippen LogP contribution in [0.5, 0.6) is 0 Å². The van der Waals surface area contributed by atoms with Crippen molar-refractivity contribution in [1.82, 2.24) is 4.90 Å². The average Bonchev–Trinajstić information content (AvgIpc) is 2.92. The van der Waals surface area contributed by atoms with Gasteiger partial charge in [-0.3, -0.25) is 4.90 Å². The smallest absolute Gasteiger partial charge is 0.335 e. The third kappa shape index (κ3) is 3.56. The zero-order chi connectivity index (χ0) is 14.8. The van der Waals surface area contributed by atoms with Crippen LogP contribution < -0.4 is 5.32 Å². The van der Waals surface area contributed by atoms with E-state index in [1.165, 1.54) is 19.4 Å². The van der Waals surface area contributed by atoms with Gasteiger partial charge in [0.05, 0.1) is 18.3 Å². The van der Waals surface area contributed by atoms with E-state index < -0.39 is 5.97 Å². The number of benzene rings is 1. The van der Waals surface area contributed by atoms with E-state index in [-0.39, 0.29) is 11.7 Å². The molecule has 2 unspecified atom stereocenters. The van der Waals surface area contributed by atoms with Gasteiger partial charge < -0.3 is 15.2 Å². The highest BCUT2D eigenvalue weighted by Crippen LogP contribution is 2.24. The van der Waals surface area contributed by atoms with E-state index in [0.29, 0.717) is 12.6 Å². The molecule has 2 N–H and O–H groups in total. The lowest BCUT2D eigenvalue weighted by Gasteiger charge is -2.35. The van der Waals surface area contributed by atoms with Crippen molar-refractivity contribution in [3.8, 4) is 0 Å². The highest BCUT2D eigenvalue weighted by atomic mass is 79.9. The molecule has 0 spiro atoms. The predicted octanol–water partition coefficient (Wildman–Crippen LogP) is 2.42. The van der Waals surface area contributed by atoms with Crippen LogP contribution in [0.4, 0.5) is 5.69 Å². The van der Waals surface area contributed by atoms with Gasteiger partial charge in [-0.2, -0.15) is 0 Å². The van der Waals surface area contributed by atoms with Gasteiger partial charge in [0, 0.05) is 29.3 Å². The Hall–Kier alpha value is -1.11. The number of fused-ring (bicyclic) bond motifs is 1. The lowest BCUT2D eigenvalue weighted by Crippen LogP contribution is -2.48. The molecule has 1 aromatic rings. The summed E-state index contributed by atoms with van der Waals surface area (Å²) >= 11 is 3.34. The Morgan fingerprint density at radius 1 is 1.48 bits per heavy atom. The third-order valence-electron chi connectivity index (χ3n) is 4.14. The molecule has 1 aromatic carbocycles. The molecule has 2 heterocycles. The molecule has 2 fully saturated rings. The topological polar surface area (TPSA) is 61.8 Å². The van der Waals surface area contributed by atoms with Crippen LogP contribution in [0.3, 0.4) is 0 Å². The summed E-state index contributed by atoms with van der Waals surface area (Å²) in [6.07, 6.45) is 2.67. The Morgan fingerprint density at radius 3 is 3.14 bits per heavy atom. The summed E-state index contributed by atoms with van der Waals surface area (Å²) in [5, 5.41) is 12.4. The van der Waals surface area contributed by atoms with Crippen molar-refractivity contribution < 1.29 is 14.6 Å². The lowest BCUT2D eigenvalue weighted by atomic mass is 10.1. The minimum Gasteiger partial charge on any atom is -0.478 e. The van der Waals surface area contributed by atoms with Crippen LogP contribution in [0, 0.1) is 0 Å². The van der Waals surface area contributed by atoms with Gasteiger partial charge in [-0.1, -0.05) is 15.9 Å². The molecule has 0 saturated carbocycles. The Bertz CT molecular complexity index is 538. The number of carboxylic acids is 1. The van der Waals surface area contributed by atoms with Crippen LogP contribution in [0.15, 0.2) is 22.7 Å². The Morgan fingerprint density at radius 2 is 2.33 bits per heavy atom. The zero-order valence-electron chi connectivity index (χ0n) is 11.7. The molecule has 0 bridgehead atoms. The minimum absolute atomic E-state index is 0.159. The number of hydrogen-bond donors (Lipinski definition) is 2. The third-order valence-corrected chi connectivity index (χ3v) is 4.60. The van der Waals surface area contributed by atoms with Crippen molar-refractivity contribution >= 4 is 27.6 Å². The van der Waals surface area contributed by atoms with Gasteiger partial charge in [-0.15, -0.1) is 0 Å². The summed E-state index contributed by atoms with van der Waals surface area (Å²) in [4.78, 5) is 13.6. The molecule has 114 valence electrons. The molecule has 0 amide bonds. The average molecular weight is 355 g/mol. The second-order valence-electron chi connectivity index (χ2n) is 5.66. The molecule has 6 heteroatoms. The van der Waals surface area contributed by atoms with Crippen LogP contribution in [-0.4, -0.2) is 54.4 Å². The molecule has 2 aliphatic rings. The van der Waals surface area contributed by atoms with E-state index in [2.05, 4.69) is 26.1 Å². The van der Waals surface area contributed by atoms with Gasteiger partial charge >= 0.3 is 5.97 Å². The highest BCUT2D eigenvalue weighted by molar-refractivity contribution is 9.10. The summed E-state index contributed by atoms with van der Waals surface area (Å²) in [5.41, 5.74) is 1.07. The normalized spacial score (nSPS) is 25.6. The Balaban J connectivity index is 1.59. The van der Waals surface area contributed by atoms with Gasteiger partial charge in [0.25, 0.3) is 0 Å². The number of nitrogens with one attached hydrogen (secondary N) is 1. The number of nitrogens with zero attached hydrogens (tertiary/aromatic N) is 1. The van der Waals surface area contributed by atoms with Crippen LogP contribution in [0.2, 0.25) is 0 Å². The maximum atomic E-state index is 11.1. The summed E-state index contributed by atoms with van der Waals surface area (Å²) in [5.74, 6) is -0.923. The van der Waals surface area contributed by atoms with Crippen LogP contribution in [-0.2, 0) is 4.74 Å². The van der Waals surface area contributed by atoms with Crippen molar-refractivity contribution in [2.75, 3.05) is 31.6 Å². The lowest BCUT2D eigenvalue weighted by molar-refractivity contribution is -0.0415. The molecule has 2 saturated heterocycles. The molecule has 2 atom stereocenters. The first-order valence-corrected chi connectivity index (χ1v) is 8.04. The Labute approximate surface area is 132 Å². The van der Waals surface area contributed by atoms with Crippen molar-refractivity contribution in [3.63, 3.8) is 0 Å². The number of carbonyl (C=O) groups is 1. The molecule has 21 heavy (non-hydrogen) atoms. The number of hydrogen-bond acceptors (Lipinski definition) is 4. The highest BCUT2D eigenvalue weighted by Gasteiger charge is 2.31. The number of ether oxygens (including phenoxy) is 1. The second-order valence-corrected chi connectivity index (χ2v) is 6.58. The van der Waals surface area contributed by atoms with Crippen LogP contribution in [0.1, 0.15) is 23.2 Å². The molecule has 5 nitrogen and oxygen atoms in total. The summed E-state index contributed by atoms with van der Waals surface area (Å²) in [6, 6.07) is 5.73. The van der Waals surface area contributed by atoms with E-state index in [4.69, 9.17) is 9.84 Å². The molecule has 0 radical (unpaired) electrons. The van der Waals surface area contributed by atoms with Gasteiger partial charge in [-0.05, 0) is 37.6 Å². The monoisotopic (exact) mass is 354 g/mol. The number of aromatic carboxylic acids is 1. The fourth-order valence-electron chi connectivity index (χ4n) is 3.06. The van der Waals surface area contributed by atoms with E-state index in [1.807, 2.05) is 6.07 Å². The predicted molar refractivity (Wildman–Crippen MR) is 83.9 cm³/mol.